The molecule has 0 bridgehead atoms. The van der Waals surface area contributed by atoms with Gasteiger partial charge in [-0.05, 0) is 96.5 Å². The smallest absolute Gasteiger partial charge is 0.293 e. The number of hydrogen-bond donors (Lipinski definition) is 2. The molecule has 382 valence electrons. The third-order valence-corrected chi connectivity index (χ3v) is 17.5. The first-order chi connectivity index (χ1) is 34.2. The second kappa shape index (κ2) is 20.7. The zero-order chi connectivity index (χ0) is 51.0. The highest BCUT2D eigenvalue weighted by Crippen LogP contribution is 2.43. The summed E-state index contributed by atoms with van der Waals surface area (Å²) < 4.78 is 60.4. The molecule has 1 amide bonds. The number of allylic oxidation sites excluding steroid dienone is 1. The lowest BCUT2D eigenvalue weighted by molar-refractivity contribution is -0.384. The van der Waals surface area contributed by atoms with Crippen molar-refractivity contribution in [1.29, 1.82) is 0 Å². The van der Waals surface area contributed by atoms with E-state index >= 15 is 4.39 Å². The van der Waals surface area contributed by atoms with Crippen LogP contribution >= 0.6 is 11.6 Å². The molecule has 3 aromatic heterocycles. The molecule has 3 aliphatic rings. The lowest BCUT2D eigenvalue weighted by Crippen LogP contribution is -2.47. The number of nitrogens with zero attached hydrogens (tertiary/aromatic N) is 7. The minimum Gasteiger partial charge on any atom is -0.381 e. The highest BCUT2D eigenvalue weighted by atomic mass is 35.5. The molecule has 0 saturated carbocycles. The fraction of sp³-hybridized carbons (Fsp3) is 0.442. The molecule has 72 heavy (non-hydrogen) atoms. The van der Waals surface area contributed by atoms with Crippen LogP contribution in [0.1, 0.15) is 61.9 Å². The number of amides is 1. The summed E-state index contributed by atoms with van der Waals surface area (Å²) in [5.41, 5.74) is 4.99. The molecular formula is C52H63ClFN9O7SSi. The molecule has 20 heteroatoms. The molecule has 0 radical (unpaired) electrons. The number of pyridine rings is 1. The summed E-state index contributed by atoms with van der Waals surface area (Å²) in [6, 6.07) is 21.5. The third-order valence-electron chi connectivity index (χ3n) is 14.2. The quantitative estimate of drug-likeness (QED) is 0.0383. The Hall–Kier alpha value is -5.70. The minimum atomic E-state index is -4.68. The predicted octanol–water partition coefficient (Wildman–Crippen LogP) is 10.1. The second-order valence-corrected chi connectivity index (χ2v) is 29.1. The van der Waals surface area contributed by atoms with Crippen molar-refractivity contribution in [2.45, 2.75) is 88.9 Å². The summed E-state index contributed by atoms with van der Waals surface area (Å²) in [5.74, 6) is -0.968. The number of benzene rings is 3. The molecular weight excluding hydrogens is 977 g/mol. The lowest BCUT2D eigenvalue weighted by Gasteiger charge is -2.39. The van der Waals surface area contributed by atoms with Crippen molar-refractivity contribution in [3.8, 4) is 5.69 Å². The van der Waals surface area contributed by atoms with Gasteiger partial charge in [-0.1, -0.05) is 62.8 Å². The van der Waals surface area contributed by atoms with Gasteiger partial charge >= 0.3 is 0 Å². The molecule has 6 aromatic rings. The Balaban J connectivity index is 0.995. The number of piperazine rings is 1. The highest BCUT2D eigenvalue weighted by Gasteiger charge is 2.34. The number of carbonyl (C=O) groups is 1. The Bertz CT molecular complexity index is 3140. The molecule has 5 heterocycles. The zero-order valence-electron chi connectivity index (χ0n) is 41.5. The third kappa shape index (κ3) is 11.7. The van der Waals surface area contributed by atoms with Crippen LogP contribution in [-0.2, 0) is 26.2 Å². The summed E-state index contributed by atoms with van der Waals surface area (Å²) in [7, 11) is -5.96. The topological polar surface area (TPSA) is 179 Å². The number of fused-ring (bicyclic) bond motifs is 2. The Kier molecular flexibility index (Phi) is 14.7. The molecule has 0 spiro atoms. The van der Waals surface area contributed by atoms with Gasteiger partial charge in [-0.25, -0.2) is 27.2 Å². The van der Waals surface area contributed by atoms with E-state index < -0.39 is 45.2 Å². The van der Waals surface area contributed by atoms with Gasteiger partial charge in [-0.15, -0.1) is 0 Å². The molecule has 3 aromatic carbocycles. The van der Waals surface area contributed by atoms with E-state index in [4.69, 9.17) is 31.2 Å². The van der Waals surface area contributed by atoms with Gasteiger partial charge in [0, 0.05) is 108 Å². The Morgan fingerprint density at radius 2 is 1.74 bits per heavy atom. The van der Waals surface area contributed by atoms with Crippen molar-refractivity contribution in [3.63, 3.8) is 0 Å². The summed E-state index contributed by atoms with van der Waals surface area (Å²) in [6.45, 7) is 16.7. The van der Waals surface area contributed by atoms with E-state index in [0.717, 1.165) is 73.2 Å². The maximum atomic E-state index is 15.4. The number of halogens is 2. The van der Waals surface area contributed by atoms with E-state index in [1.807, 2.05) is 41.1 Å². The Morgan fingerprint density at radius 1 is 0.986 bits per heavy atom. The van der Waals surface area contributed by atoms with E-state index in [1.165, 1.54) is 22.8 Å². The van der Waals surface area contributed by atoms with Gasteiger partial charge in [0.15, 0.2) is 0 Å². The monoisotopic (exact) mass is 1040 g/mol. The van der Waals surface area contributed by atoms with E-state index in [0.29, 0.717) is 48.8 Å². The van der Waals surface area contributed by atoms with Crippen LogP contribution in [0.4, 0.5) is 21.5 Å². The van der Waals surface area contributed by atoms with Crippen molar-refractivity contribution in [1.82, 2.24) is 29.0 Å². The average Bonchev–Trinajstić information content (AvgIpc) is 3.95. The van der Waals surface area contributed by atoms with Crippen LogP contribution in [0.5, 0.6) is 0 Å². The normalized spacial score (nSPS) is 17.7. The highest BCUT2D eigenvalue weighted by molar-refractivity contribution is 7.90. The van der Waals surface area contributed by atoms with E-state index in [-0.39, 0.29) is 49.3 Å². The van der Waals surface area contributed by atoms with Gasteiger partial charge in [0.2, 0.25) is 0 Å². The number of nitrogens with one attached hydrogen (secondary N) is 2. The number of hydrogen-bond acceptors (Lipinski definition) is 12. The van der Waals surface area contributed by atoms with Crippen LogP contribution < -0.4 is 14.9 Å². The van der Waals surface area contributed by atoms with E-state index in [9.17, 15) is 23.3 Å². The summed E-state index contributed by atoms with van der Waals surface area (Å²) in [4.78, 5) is 35.1. The van der Waals surface area contributed by atoms with Crippen LogP contribution in [0.2, 0.25) is 30.7 Å². The number of carbonyl (C=O) groups excluding carboxylic acids is 1. The van der Waals surface area contributed by atoms with Gasteiger partial charge in [0.25, 0.3) is 21.6 Å². The van der Waals surface area contributed by atoms with Gasteiger partial charge in [-0.3, -0.25) is 19.8 Å². The number of rotatable bonds is 17. The van der Waals surface area contributed by atoms with Gasteiger partial charge in [-0.2, -0.15) is 5.10 Å². The van der Waals surface area contributed by atoms with Crippen LogP contribution in [0.15, 0.2) is 95.7 Å². The predicted molar refractivity (Wildman–Crippen MR) is 283 cm³/mol. The lowest BCUT2D eigenvalue weighted by atomic mass is 9.72. The SMILES string of the molecule is CC1(C)CCC(CN2CCN(c3ccc(C(=O)NS(=O)(=O)c4ccc(NCC5(F)CCOCC5)c([N+](=O)[O-])c4)c(-n4ncc5nc6c(ccn6COCC[Si](C)(C)C)cc54)c3)CC2)=C(c2ccc(Cl)cc2)C1. The van der Waals surface area contributed by atoms with Crippen molar-refractivity contribution in [2.24, 2.45) is 5.41 Å². The number of nitro groups is 1. The zero-order valence-corrected chi connectivity index (χ0v) is 44.1. The fourth-order valence-corrected chi connectivity index (χ4v) is 11.6. The number of alkyl halides is 1. The van der Waals surface area contributed by atoms with Gasteiger partial charge in [0.1, 0.15) is 29.3 Å². The Labute approximate surface area is 425 Å². The number of sulfonamides is 1. The van der Waals surface area contributed by atoms with Crippen LogP contribution in [0.25, 0.3) is 33.3 Å². The average molecular weight is 1040 g/mol. The van der Waals surface area contributed by atoms with Crippen molar-refractivity contribution >= 4 is 80.3 Å². The minimum absolute atomic E-state index is 0.00110. The molecule has 9 rings (SSSR count). The first-order valence-electron chi connectivity index (χ1n) is 24.6. The molecule has 16 nitrogen and oxygen atoms in total. The summed E-state index contributed by atoms with van der Waals surface area (Å²) in [6.07, 6.45) is 6.92. The van der Waals surface area contributed by atoms with Crippen LogP contribution in [0.3, 0.4) is 0 Å². The first kappa shape index (κ1) is 51.2. The number of nitro benzene ring substituents is 1. The van der Waals surface area contributed by atoms with Crippen molar-refractivity contribution in [2.75, 3.05) is 69.3 Å². The van der Waals surface area contributed by atoms with Crippen LogP contribution in [0, 0.1) is 15.5 Å². The van der Waals surface area contributed by atoms with Crippen molar-refractivity contribution < 1.29 is 32.0 Å². The molecule has 0 atom stereocenters. The maximum absolute atomic E-state index is 15.4. The molecule has 2 fully saturated rings. The number of anilines is 2. The molecule has 1 aliphatic carbocycles. The standard InChI is InChI=1S/C52H63ClFN9O7SSi/c1-51(2)16-14-38(43(31-51)36-6-8-39(53)9-7-36)33-59-20-22-60(23-21-59)40-10-12-42(46(29-40)62-47-28-37-15-19-61(35-70-26-27-72(3,4)5)49(37)57-45(47)32-56-62)50(64)58-71(67,68)41-11-13-44(48(30-41)63(65)66)55-34-52(54)17-24-69-25-18-52/h6-13,15,19,28-30,32,55H,14,16-18,20-27,31,33-35H2,1-5H3,(H,58,64). The van der Waals surface area contributed by atoms with Gasteiger partial charge in [0.05, 0.1) is 32.8 Å². The van der Waals surface area contributed by atoms with Crippen LogP contribution in [-0.4, -0.2) is 116 Å². The van der Waals surface area contributed by atoms with Crippen molar-refractivity contribution in [3.05, 3.63) is 117 Å². The fourth-order valence-electron chi connectivity index (χ4n) is 9.76. The van der Waals surface area contributed by atoms with E-state index in [2.05, 4.69) is 65.5 Å². The number of ether oxygens (including phenoxy) is 2. The second-order valence-electron chi connectivity index (χ2n) is 21.4. The van der Waals surface area contributed by atoms with E-state index in [1.54, 1.807) is 23.0 Å². The largest absolute Gasteiger partial charge is 0.381 e. The molecule has 2 aliphatic heterocycles. The molecule has 2 saturated heterocycles. The van der Waals surface area contributed by atoms with Gasteiger partial charge < -0.3 is 24.3 Å². The Morgan fingerprint density at radius 3 is 2.46 bits per heavy atom. The summed E-state index contributed by atoms with van der Waals surface area (Å²) in [5, 5.41) is 21.3. The maximum Gasteiger partial charge on any atom is 0.293 e. The number of aromatic nitrogens is 4. The molecule has 0 unspecified atom stereocenters. The first-order valence-corrected chi connectivity index (χ1v) is 30.2. The molecule has 2 N–H and O–H groups in total. The summed E-state index contributed by atoms with van der Waals surface area (Å²) >= 11 is 6.28.